The molecular weight excluding hydrogens is 278 g/mol. The molecule has 2 fully saturated rings. The van der Waals surface area contributed by atoms with Crippen molar-refractivity contribution in [2.45, 2.75) is 57.4 Å². The molecule has 0 aromatic rings. The van der Waals surface area contributed by atoms with Crippen molar-refractivity contribution in [3.8, 4) is 0 Å². The maximum Gasteiger partial charge on any atom is 0.324 e. The first kappa shape index (κ1) is 15.8. The van der Waals surface area contributed by atoms with Crippen LogP contribution < -0.4 is 0 Å². The van der Waals surface area contributed by atoms with E-state index in [-0.39, 0.29) is 11.7 Å². The Bertz CT molecular complexity index is 428. The molecule has 2 rings (SSSR count). The van der Waals surface area contributed by atoms with Crippen LogP contribution in [0.1, 0.15) is 51.4 Å². The Morgan fingerprint density at radius 1 is 1.10 bits per heavy atom. The van der Waals surface area contributed by atoms with Crippen molar-refractivity contribution in [3.05, 3.63) is 0 Å². The average Bonchev–Trinajstić information content (AvgIpc) is 2.47. The van der Waals surface area contributed by atoms with E-state index in [0.29, 0.717) is 13.0 Å². The third-order valence-electron chi connectivity index (χ3n) is 4.46. The Hall–Kier alpha value is -0.620. The van der Waals surface area contributed by atoms with E-state index < -0.39 is 22.0 Å². The van der Waals surface area contributed by atoms with Crippen LogP contribution in [0.15, 0.2) is 0 Å². The monoisotopic (exact) mass is 303 g/mol. The summed E-state index contributed by atoms with van der Waals surface area (Å²) < 4.78 is 31.4. The van der Waals surface area contributed by atoms with Gasteiger partial charge in [-0.2, -0.15) is 4.31 Å². The summed E-state index contributed by atoms with van der Waals surface area (Å²) in [6, 6.07) is -0.609. The van der Waals surface area contributed by atoms with Crippen molar-refractivity contribution in [2.24, 2.45) is 5.92 Å². The molecule has 0 aromatic heterocycles. The first-order chi connectivity index (χ1) is 9.54. The van der Waals surface area contributed by atoms with Crippen LogP contribution in [0.5, 0.6) is 0 Å². The summed E-state index contributed by atoms with van der Waals surface area (Å²) >= 11 is 0. The van der Waals surface area contributed by atoms with Gasteiger partial charge >= 0.3 is 5.97 Å². The SMILES string of the molecule is COC(=O)[C@H]1CCCCN1S(=O)(=O)CC1CCCCC1. The highest BCUT2D eigenvalue weighted by atomic mass is 32.2. The first-order valence-corrected chi connectivity index (χ1v) is 9.23. The van der Waals surface area contributed by atoms with Crippen molar-refractivity contribution in [3.63, 3.8) is 0 Å². The van der Waals surface area contributed by atoms with E-state index in [0.717, 1.165) is 38.5 Å². The molecule has 20 heavy (non-hydrogen) atoms. The highest BCUT2D eigenvalue weighted by Crippen LogP contribution is 2.28. The van der Waals surface area contributed by atoms with E-state index in [1.807, 2.05) is 0 Å². The van der Waals surface area contributed by atoms with Crippen LogP contribution >= 0.6 is 0 Å². The van der Waals surface area contributed by atoms with Gasteiger partial charge in [-0.15, -0.1) is 0 Å². The maximum atomic E-state index is 12.6. The van der Waals surface area contributed by atoms with Gasteiger partial charge in [0.2, 0.25) is 10.0 Å². The van der Waals surface area contributed by atoms with Crippen LogP contribution in [0.25, 0.3) is 0 Å². The molecule has 1 aliphatic carbocycles. The van der Waals surface area contributed by atoms with E-state index in [1.54, 1.807) is 0 Å². The Kier molecular flexibility index (Phi) is 5.43. The number of ether oxygens (including phenoxy) is 1. The number of esters is 1. The minimum atomic E-state index is -3.35. The van der Waals surface area contributed by atoms with Gasteiger partial charge in [0, 0.05) is 6.54 Å². The van der Waals surface area contributed by atoms with Crippen molar-refractivity contribution in [1.29, 1.82) is 0 Å². The highest BCUT2D eigenvalue weighted by molar-refractivity contribution is 7.89. The molecule has 2 aliphatic rings. The summed E-state index contributed by atoms with van der Waals surface area (Å²) in [6.07, 6.45) is 7.75. The van der Waals surface area contributed by atoms with Gasteiger partial charge in [0.15, 0.2) is 0 Å². The number of hydrogen-bond acceptors (Lipinski definition) is 4. The molecule has 1 aliphatic heterocycles. The van der Waals surface area contributed by atoms with Gasteiger partial charge < -0.3 is 4.74 Å². The van der Waals surface area contributed by atoms with Gasteiger partial charge in [-0.25, -0.2) is 8.42 Å². The van der Waals surface area contributed by atoms with Crippen LogP contribution in [-0.4, -0.2) is 44.1 Å². The maximum absolute atomic E-state index is 12.6. The standard InChI is InChI=1S/C14H25NO4S/c1-19-14(16)13-9-5-6-10-15(13)20(17,18)11-12-7-3-2-4-8-12/h12-13H,2-11H2,1H3/t13-/m1/s1. The van der Waals surface area contributed by atoms with Crippen molar-refractivity contribution in [2.75, 3.05) is 19.4 Å². The zero-order chi connectivity index (χ0) is 14.6. The second-order valence-corrected chi connectivity index (χ2v) is 7.89. The Labute approximate surface area is 121 Å². The minimum Gasteiger partial charge on any atom is -0.468 e. The summed E-state index contributed by atoms with van der Waals surface area (Å²) in [5, 5.41) is 0. The van der Waals surface area contributed by atoms with E-state index in [1.165, 1.54) is 17.8 Å². The second-order valence-electron chi connectivity index (χ2n) is 5.93. The normalized spacial score (nSPS) is 26.4. The molecule has 1 saturated carbocycles. The quantitative estimate of drug-likeness (QED) is 0.744. The first-order valence-electron chi connectivity index (χ1n) is 7.62. The Morgan fingerprint density at radius 2 is 1.75 bits per heavy atom. The molecule has 1 saturated heterocycles. The summed E-state index contributed by atoms with van der Waals surface area (Å²) in [7, 11) is -2.03. The molecule has 1 heterocycles. The molecule has 0 N–H and O–H groups in total. The fraction of sp³-hybridized carbons (Fsp3) is 0.929. The van der Waals surface area contributed by atoms with Gasteiger partial charge in [-0.3, -0.25) is 4.79 Å². The lowest BCUT2D eigenvalue weighted by molar-refractivity contribution is -0.146. The number of hydrogen-bond donors (Lipinski definition) is 0. The molecule has 0 spiro atoms. The topological polar surface area (TPSA) is 63.7 Å². The summed E-state index contributed by atoms with van der Waals surface area (Å²) in [5.74, 6) is 0.0337. The molecule has 0 unspecified atom stereocenters. The molecule has 5 nitrogen and oxygen atoms in total. The molecule has 0 aromatic carbocycles. The van der Waals surface area contributed by atoms with Gasteiger partial charge in [0.1, 0.15) is 6.04 Å². The number of rotatable bonds is 4. The number of carbonyl (C=O) groups is 1. The van der Waals surface area contributed by atoms with Crippen LogP contribution in [0, 0.1) is 5.92 Å². The van der Waals surface area contributed by atoms with Crippen molar-refractivity contribution < 1.29 is 17.9 Å². The predicted octanol–water partition coefficient (Wildman–Crippen LogP) is 1.92. The summed E-state index contributed by atoms with van der Waals surface area (Å²) in [4.78, 5) is 11.8. The van der Waals surface area contributed by atoms with E-state index in [4.69, 9.17) is 4.74 Å². The van der Waals surface area contributed by atoms with E-state index >= 15 is 0 Å². The number of nitrogens with zero attached hydrogens (tertiary/aromatic N) is 1. The number of piperidine rings is 1. The zero-order valence-corrected chi connectivity index (χ0v) is 13.0. The zero-order valence-electron chi connectivity index (χ0n) is 12.2. The van der Waals surface area contributed by atoms with Crippen LogP contribution in [0.4, 0.5) is 0 Å². The van der Waals surface area contributed by atoms with Crippen molar-refractivity contribution in [1.82, 2.24) is 4.31 Å². The van der Waals surface area contributed by atoms with E-state index in [2.05, 4.69) is 0 Å². The molecule has 6 heteroatoms. The lowest BCUT2D eigenvalue weighted by atomic mass is 9.91. The Balaban J connectivity index is 2.06. The highest BCUT2D eigenvalue weighted by Gasteiger charge is 2.38. The Morgan fingerprint density at radius 3 is 2.40 bits per heavy atom. The summed E-state index contributed by atoms with van der Waals surface area (Å²) in [5.41, 5.74) is 0. The number of sulfonamides is 1. The van der Waals surface area contributed by atoms with Gasteiger partial charge in [0.05, 0.1) is 12.9 Å². The van der Waals surface area contributed by atoms with Crippen LogP contribution in [0.2, 0.25) is 0 Å². The third-order valence-corrected chi connectivity index (χ3v) is 6.50. The summed E-state index contributed by atoms with van der Waals surface area (Å²) in [6.45, 7) is 0.453. The lowest BCUT2D eigenvalue weighted by Crippen LogP contribution is -2.49. The molecule has 0 amide bonds. The van der Waals surface area contributed by atoms with Crippen molar-refractivity contribution >= 4 is 16.0 Å². The number of carbonyl (C=O) groups excluding carboxylic acids is 1. The lowest BCUT2D eigenvalue weighted by Gasteiger charge is -2.34. The molecular formula is C14H25NO4S. The molecule has 0 bridgehead atoms. The van der Waals surface area contributed by atoms with Gasteiger partial charge in [-0.1, -0.05) is 19.3 Å². The fourth-order valence-corrected chi connectivity index (χ4v) is 5.46. The third kappa shape index (κ3) is 3.73. The largest absolute Gasteiger partial charge is 0.468 e. The predicted molar refractivity (Wildman–Crippen MR) is 76.7 cm³/mol. The van der Waals surface area contributed by atoms with Crippen LogP contribution in [-0.2, 0) is 19.6 Å². The fourth-order valence-electron chi connectivity index (χ4n) is 3.36. The average molecular weight is 303 g/mol. The molecule has 1 atom stereocenters. The smallest absolute Gasteiger partial charge is 0.324 e. The molecule has 116 valence electrons. The number of methoxy groups -OCH3 is 1. The molecule has 0 radical (unpaired) electrons. The van der Waals surface area contributed by atoms with Crippen LogP contribution in [0.3, 0.4) is 0 Å². The van der Waals surface area contributed by atoms with E-state index in [9.17, 15) is 13.2 Å². The minimum absolute atomic E-state index is 0.195. The van der Waals surface area contributed by atoms with Gasteiger partial charge in [0.25, 0.3) is 0 Å². The second kappa shape index (κ2) is 6.89. The van der Waals surface area contributed by atoms with Gasteiger partial charge in [-0.05, 0) is 38.0 Å².